The number of imide groups is 1. The quantitative estimate of drug-likeness (QED) is 0.388. The molecule has 0 aromatic heterocycles. The van der Waals surface area contributed by atoms with Crippen LogP contribution in [0.1, 0.15) is 15.9 Å². The first-order valence-corrected chi connectivity index (χ1v) is 9.34. The van der Waals surface area contributed by atoms with Crippen molar-refractivity contribution in [3.8, 4) is 11.5 Å². The van der Waals surface area contributed by atoms with Gasteiger partial charge in [0.25, 0.3) is 5.91 Å². The predicted molar refractivity (Wildman–Crippen MR) is 106 cm³/mol. The fourth-order valence-corrected chi connectivity index (χ4v) is 2.85. The molecule has 0 bridgehead atoms. The Labute approximate surface area is 191 Å². The largest absolute Gasteiger partial charge is 0.456 e. The maximum absolute atomic E-state index is 14.3. The van der Waals surface area contributed by atoms with Gasteiger partial charge < -0.3 is 10.1 Å². The van der Waals surface area contributed by atoms with E-state index in [1.165, 1.54) is 0 Å². The lowest BCUT2D eigenvalue weighted by atomic mass is 10.2. The van der Waals surface area contributed by atoms with Crippen molar-refractivity contribution in [2.45, 2.75) is 6.18 Å². The summed E-state index contributed by atoms with van der Waals surface area (Å²) >= 11 is 5.76. The van der Waals surface area contributed by atoms with Crippen LogP contribution in [0.25, 0.3) is 0 Å². The van der Waals surface area contributed by atoms with Gasteiger partial charge in [-0.05, 0) is 30.3 Å². The number of alkyl halides is 3. The summed E-state index contributed by atoms with van der Waals surface area (Å²) in [5, 5.41) is 3.08. The number of anilines is 1. The second-order valence-electron chi connectivity index (χ2n) is 6.54. The minimum absolute atomic E-state index is 0.198. The van der Waals surface area contributed by atoms with Crippen molar-refractivity contribution in [3.05, 3.63) is 87.9 Å². The first kappa shape index (κ1) is 24.8. The molecule has 178 valence electrons. The van der Waals surface area contributed by atoms with Crippen LogP contribution < -0.4 is 15.4 Å². The zero-order valence-corrected chi connectivity index (χ0v) is 17.1. The van der Waals surface area contributed by atoms with Gasteiger partial charge in [0.1, 0.15) is 40.3 Å². The zero-order chi connectivity index (χ0) is 25.2. The highest BCUT2D eigenvalue weighted by Crippen LogP contribution is 2.36. The maximum Gasteiger partial charge on any atom is 0.416 e. The normalized spacial score (nSPS) is 11.2. The Bertz CT molecular complexity index is 1260. The van der Waals surface area contributed by atoms with Crippen molar-refractivity contribution in [3.63, 3.8) is 0 Å². The summed E-state index contributed by atoms with van der Waals surface area (Å²) in [6.07, 6.45) is -4.63. The molecule has 0 atom stereocenters. The van der Waals surface area contributed by atoms with Crippen LogP contribution >= 0.6 is 11.6 Å². The van der Waals surface area contributed by atoms with Crippen molar-refractivity contribution in [1.29, 1.82) is 0 Å². The van der Waals surface area contributed by atoms with Gasteiger partial charge in [-0.15, -0.1) is 0 Å². The molecule has 3 aromatic carbocycles. The third-order valence-corrected chi connectivity index (χ3v) is 4.43. The van der Waals surface area contributed by atoms with E-state index in [9.17, 15) is 40.3 Å². The number of ether oxygens (including phenoxy) is 1. The van der Waals surface area contributed by atoms with E-state index < -0.39 is 63.2 Å². The lowest BCUT2D eigenvalue weighted by Gasteiger charge is -2.12. The monoisotopic (exact) mass is 506 g/mol. The average molecular weight is 507 g/mol. The maximum atomic E-state index is 14.3. The van der Waals surface area contributed by atoms with E-state index in [1.807, 2.05) is 5.32 Å². The molecule has 2 N–H and O–H groups in total. The average Bonchev–Trinajstić information content (AvgIpc) is 2.70. The summed E-state index contributed by atoms with van der Waals surface area (Å²) in [6.45, 7) is 0. The van der Waals surface area contributed by atoms with Gasteiger partial charge >= 0.3 is 12.2 Å². The van der Waals surface area contributed by atoms with Gasteiger partial charge in [-0.2, -0.15) is 13.2 Å². The minimum atomic E-state index is -4.63. The number of hydrogen-bond acceptors (Lipinski definition) is 3. The Morgan fingerprint density at radius 2 is 1.50 bits per heavy atom. The van der Waals surface area contributed by atoms with E-state index in [0.717, 1.165) is 24.3 Å². The van der Waals surface area contributed by atoms with Crippen molar-refractivity contribution >= 4 is 29.2 Å². The molecule has 0 aliphatic rings. The van der Waals surface area contributed by atoms with Gasteiger partial charge in [-0.1, -0.05) is 11.6 Å². The Balaban J connectivity index is 1.69. The highest BCUT2D eigenvalue weighted by molar-refractivity contribution is 6.32. The van der Waals surface area contributed by atoms with Crippen LogP contribution in [0.5, 0.6) is 11.5 Å². The molecule has 0 unspecified atom stereocenters. The Kier molecular flexibility index (Phi) is 7.01. The molecule has 0 fully saturated rings. The third-order valence-electron chi connectivity index (χ3n) is 4.14. The lowest BCUT2D eigenvalue weighted by Crippen LogP contribution is -2.35. The second kappa shape index (κ2) is 9.59. The number of hydrogen-bond donors (Lipinski definition) is 2. The molecule has 0 heterocycles. The Morgan fingerprint density at radius 3 is 2.06 bits per heavy atom. The van der Waals surface area contributed by atoms with E-state index >= 15 is 0 Å². The highest BCUT2D eigenvalue weighted by atomic mass is 35.5. The number of benzene rings is 3. The van der Waals surface area contributed by atoms with Crippen molar-refractivity contribution in [2.24, 2.45) is 0 Å². The second-order valence-corrected chi connectivity index (χ2v) is 6.95. The van der Waals surface area contributed by atoms with Crippen molar-refractivity contribution in [1.82, 2.24) is 5.32 Å². The molecule has 3 rings (SSSR count). The fourth-order valence-electron chi connectivity index (χ4n) is 2.63. The number of carbonyl (C=O) groups is 2. The molecule has 5 nitrogen and oxygen atoms in total. The van der Waals surface area contributed by atoms with Crippen LogP contribution in [0.3, 0.4) is 0 Å². The van der Waals surface area contributed by atoms with E-state index in [1.54, 1.807) is 5.32 Å². The minimum Gasteiger partial charge on any atom is -0.456 e. The molecule has 3 amide bonds. The number of urea groups is 1. The summed E-state index contributed by atoms with van der Waals surface area (Å²) in [5.74, 6) is -7.45. The van der Waals surface area contributed by atoms with Crippen LogP contribution in [-0.2, 0) is 6.18 Å². The Hall–Kier alpha value is -3.80. The number of halogens is 8. The standard InChI is InChI=1S/C21H10ClF7N2O3/c22-12-5-9(21(27,28)29)1-4-17(12)34-11-2-3-16(13(24)8-11)30-20(33)31-19(32)18-14(25)6-10(23)7-15(18)26/h1-8H,(H2,30,31,32,33). The van der Waals surface area contributed by atoms with Crippen LogP contribution in [0.4, 0.5) is 41.2 Å². The molecule has 0 saturated carbocycles. The van der Waals surface area contributed by atoms with Gasteiger partial charge in [0.05, 0.1) is 16.3 Å². The molecular weight excluding hydrogens is 497 g/mol. The summed E-state index contributed by atoms with van der Waals surface area (Å²) in [5.41, 5.74) is -2.73. The number of amides is 3. The number of rotatable bonds is 4. The summed E-state index contributed by atoms with van der Waals surface area (Å²) in [4.78, 5) is 23.8. The third kappa shape index (κ3) is 5.76. The van der Waals surface area contributed by atoms with Crippen molar-refractivity contribution in [2.75, 3.05) is 5.32 Å². The first-order valence-electron chi connectivity index (χ1n) is 8.96. The van der Waals surface area contributed by atoms with Crippen LogP contribution in [-0.4, -0.2) is 11.9 Å². The topological polar surface area (TPSA) is 67.4 Å². The smallest absolute Gasteiger partial charge is 0.416 e. The van der Waals surface area contributed by atoms with E-state index in [-0.39, 0.29) is 23.6 Å². The molecular formula is C21H10ClF7N2O3. The van der Waals surface area contributed by atoms with E-state index in [4.69, 9.17) is 16.3 Å². The lowest BCUT2D eigenvalue weighted by molar-refractivity contribution is -0.137. The molecule has 0 radical (unpaired) electrons. The Morgan fingerprint density at radius 1 is 0.853 bits per heavy atom. The van der Waals surface area contributed by atoms with Gasteiger partial charge in [-0.3, -0.25) is 10.1 Å². The molecule has 34 heavy (non-hydrogen) atoms. The van der Waals surface area contributed by atoms with Crippen molar-refractivity contribution < 1.29 is 45.1 Å². The zero-order valence-electron chi connectivity index (χ0n) is 16.4. The molecule has 13 heteroatoms. The fraction of sp³-hybridized carbons (Fsp3) is 0.0476. The van der Waals surface area contributed by atoms with Crippen LogP contribution in [0.2, 0.25) is 5.02 Å². The number of nitrogens with one attached hydrogen (secondary N) is 2. The highest BCUT2D eigenvalue weighted by Gasteiger charge is 2.31. The van der Waals surface area contributed by atoms with Gasteiger partial charge in [0.15, 0.2) is 0 Å². The summed E-state index contributed by atoms with van der Waals surface area (Å²) in [7, 11) is 0. The van der Waals surface area contributed by atoms with Crippen LogP contribution in [0, 0.1) is 23.3 Å². The number of carbonyl (C=O) groups excluding carboxylic acids is 2. The SMILES string of the molecule is O=C(NC(=O)c1c(F)cc(F)cc1F)Nc1ccc(Oc2ccc(C(F)(F)F)cc2Cl)cc1F. The van der Waals surface area contributed by atoms with E-state index in [2.05, 4.69) is 0 Å². The predicted octanol–water partition coefficient (Wildman–Crippen LogP) is 6.67. The molecule has 3 aromatic rings. The first-order chi connectivity index (χ1) is 15.8. The van der Waals surface area contributed by atoms with Gasteiger partial charge in [-0.25, -0.2) is 22.4 Å². The molecule has 0 saturated heterocycles. The molecule has 0 aliphatic carbocycles. The van der Waals surface area contributed by atoms with E-state index in [0.29, 0.717) is 12.1 Å². The van der Waals surface area contributed by atoms with Gasteiger partial charge in [0, 0.05) is 18.2 Å². The molecule has 0 spiro atoms. The molecule has 0 aliphatic heterocycles. The van der Waals surface area contributed by atoms with Gasteiger partial charge in [0.2, 0.25) is 0 Å². The summed E-state index contributed by atoms with van der Waals surface area (Å²) in [6, 6.07) is 4.21. The summed E-state index contributed by atoms with van der Waals surface area (Å²) < 4.78 is 97.8. The van der Waals surface area contributed by atoms with Crippen LogP contribution in [0.15, 0.2) is 48.5 Å².